The molecule has 0 heterocycles. The predicted octanol–water partition coefficient (Wildman–Crippen LogP) is 5.70. The molecule has 0 radical (unpaired) electrons. The fourth-order valence-electron chi connectivity index (χ4n) is 4.31. The van der Waals surface area contributed by atoms with Crippen LogP contribution < -0.4 is 0 Å². The fraction of sp³-hybridized carbons (Fsp3) is 0.462. The van der Waals surface area contributed by atoms with Gasteiger partial charge in [-0.3, -0.25) is 4.79 Å². The highest BCUT2D eigenvalue weighted by Crippen LogP contribution is 2.36. The molecule has 182 valence electrons. The van der Waals surface area contributed by atoms with Gasteiger partial charge in [0.15, 0.2) is 9.84 Å². The van der Waals surface area contributed by atoms with Gasteiger partial charge >= 0.3 is 0 Å². The van der Waals surface area contributed by atoms with E-state index in [0.717, 1.165) is 5.56 Å². The van der Waals surface area contributed by atoms with Crippen LogP contribution in [-0.2, 0) is 21.2 Å². The topological polar surface area (TPSA) is 78.2 Å². The average Bonchev–Trinajstić information content (AvgIpc) is 3.29. The minimum Gasteiger partial charge on any atom is -0.338 e. The van der Waals surface area contributed by atoms with Crippen LogP contribution in [0.2, 0.25) is 5.02 Å². The van der Waals surface area contributed by atoms with Crippen molar-refractivity contribution in [3.63, 3.8) is 0 Å². The van der Waals surface area contributed by atoms with Crippen molar-refractivity contribution in [2.24, 2.45) is 11.3 Å². The molecule has 0 spiro atoms. The number of carbonyl (C=O) groups is 1. The molecule has 2 aromatic rings. The minimum atomic E-state index is -3.71. The van der Waals surface area contributed by atoms with Crippen molar-refractivity contribution >= 4 is 27.3 Å². The molecular weight excluding hydrogens is 475 g/mol. The monoisotopic (exact) mass is 504 g/mol. The Hall–Kier alpha value is -2.43. The third-order valence-corrected chi connectivity index (χ3v) is 9.04. The molecule has 0 saturated heterocycles. The highest BCUT2D eigenvalue weighted by molar-refractivity contribution is 7.92. The Morgan fingerprint density at radius 3 is 2.50 bits per heavy atom. The lowest BCUT2D eigenvalue weighted by Gasteiger charge is -2.30. The molecule has 0 bridgehead atoms. The number of amides is 1. The molecule has 8 heteroatoms. The van der Waals surface area contributed by atoms with Crippen LogP contribution in [0.15, 0.2) is 47.4 Å². The Morgan fingerprint density at radius 2 is 1.88 bits per heavy atom. The Morgan fingerprint density at radius 1 is 1.21 bits per heavy atom. The van der Waals surface area contributed by atoms with E-state index in [1.807, 2.05) is 6.92 Å². The van der Waals surface area contributed by atoms with Gasteiger partial charge in [0.1, 0.15) is 5.82 Å². The SMILES string of the molecule is Cc1ccc(S(=O)(=O)[C@@H]2CCC[C@H]2C(=O)N(CCC(C)(C)C#N)Cc2ccc(Cl)cc2F)cc1. The summed E-state index contributed by atoms with van der Waals surface area (Å²) >= 11 is 5.87. The fourth-order valence-corrected chi connectivity index (χ4v) is 6.50. The highest BCUT2D eigenvalue weighted by Gasteiger charge is 2.43. The number of sulfone groups is 1. The lowest BCUT2D eigenvalue weighted by atomic mass is 9.91. The Bertz CT molecular complexity index is 1190. The molecule has 0 unspecified atom stereocenters. The summed E-state index contributed by atoms with van der Waals surface area (Å²) in [6.07, 6.45) is 1.86. The largest absolute Gasteiger partial charge is 0.338 e. The summed E-state index contributed by atoms with van der Waals surface area (Å²) < 4.78 is 41.4. The molecule has 1 aliphatic carbocycles. The predicted molar refractivity (Wildman–Crippen MR) is 130 cm³/mol. The van der Waals surface area contributed by atoms with Crippen molar-refractivity contribution in [1.29, 1.82) is 5.26 Å². The third kappa shape index (κ3) is 5.97. The van der Waals surface area contributed by atoms with Gasteiger partial charge in [0, 0.05) is 23.7 Å². The normalized spacial score (nSPS) is 18.5. The van der Waals surface area contributed by atoms with Crippen LogP contribution in [0.5, 0.6) is 0 Å². The van der Waals surface area contributed by atoms with E-state index < -0.39 is 32.2 Å². The van der Waals surface area contributed by atoms with Crippen LogP contribution in [-0.4, -0.2) is 31.0 Å². The van der Waals surface area contributed by atoms with Crippen LogP contribution in [0.4, 0.5) is 4.39 Å². The van der Waals surface area contributed by atoms with Gasteiger partial charge in [-0.1, -0.05) is 41.8 Å². The first kappa shape index (κ1) is 26.2. The van der Waals surface area contributed by atoms with Crippen molar-refractivity contribution in [3.05, 3.63) is 64.4 Å². The maximum atomic E-state index is 14.5. The Balaban J connectivity index is 1.90. The number of benzene rings is 2. The smallest absolute Gasteiger partial charge is 0.227 e. The molecule has 1 fully saturated rings. The van der Waals surface area contributed by atoms with Crippen LogP contribution in [0.1, 0.15) is 50.7 Å². The number of rotatable bonds is 8. The first-order valence-electron chi connectivity index (χ1n) is 11.4. The molecular formula is C26H30ClFN2O3S. The number of carbonyl (C=O) groups excluding carboxylic acids is 1. The molecule has 0 aromatic heterocycles. The van der Waals surface area contributed by atoms with Crippen LogP contribution >= 0.6 is 11.6 Å². The molecule has 3 rings (SSSR count). The van der Waals surface area contributed by atoms with E-state index in [0.29, 0.717) is 31.2 Å². The van der Waals surface area contributed by atoms with Gasteiger partial charge in [0.25, 0.3) is 0 Å². The molecule has 0 aliphatic heterocycles. The van der Waals surface area contributed by atoms with E-state index in [2.05, 4.69) is 6.07 Å². The number of aryl methyl sites for hydroxylation is 1. The van der Waals surface area contributed by atoms with E-state index in [9.17, 15) is 22.9 Å². The van der Waals surface area contributed by atoms with E-state index in [4.69, 9.17) is 11.6 Å². The summed E-state index contributed by atoms with van der Waals surface area (Å²) in [6, 6.07) is 13.2. The molecule has 1 saturated carbocycles. The molecule has 2 aromatic carbocycles. The summed E-state index contributed by atoms with van der Waals surface area (Å²) in [5.74, 6) is -1.56. The van der Waals surface area contributed by atoms with E-state index in [1.165, 1.54) is 17.0 Å². The third-order valence-electron chi connectivity index (χ3n) is 6.52. The zero-order valence-electron chi connectivity index (χ0n) is 19.7. The zero-order valence-corrected chi connectivity index (χ0v) is 21.3. The minimum absolute atomic E-state index is 0.0167. The number of nitriles is 1. The Kier molecular flexibility index (Phi) is 8.05. The summed E-state index contributed by atoms with van der Waals surface area (Å²) in [5, 5.41) is 8.83. The van der Waals surface area contributed by atoms with Gasteiger partial charge in [0.2, 0.25) is 5.91 Å². The van der Waals surface area contributed by atoms with Crippen LogP contribution in [0.25, 0.3) is 0 Å². The van der Waals surface area contributed by atoms with Crippen molar-refractivity contribution in [2.45, 2.75) is 63.1 Å². The van der Waals surface area contributed by atoms with E-state index >= 15 is 0 Å². The first-order chi connectivity index (χ1) is 15.9. The van der Waals surface area contributed by atoms with Crippen molar-refractivity contribution in [2.75, 3.05) is 6.54 Å². The van der Waals surface area contributed by atoms with Crippen molar-refractivity contribution in [1.82, 2.24) is 4.90 Å². The second-order valence-corrected chi connectivity index (χ2v) is 12.3. The van der Waals surface area contributed by atoms with Gasteiger partial charge in [-0.05, 0) is 64.3 Å². The van der Waals surface area contributed by atoms with E-state index in [-0.39, 0.29) is 28.9 Å². The second kappa shape index (κ2) is 10.5. The van der Waals surface area contributed by atoms with E-state index in [1.54, 1.807) is 44.2 Å². The molecule has 2 atom stereocenters. The van der Waals surface area contributed by atoms with Gasteiger partial charge in [-0.15, -0.1) is 0 Å². The number of hydrogen-bond donors (Lipinski definition) is 0. The highest BCUT2D eigenvalue weighted by atomic mass is 35.5. The van der Waals surface area contributed by atoms with Crippen molar-refractivity contribution < 1.29 is 17.6 Å². The summed E-state index contributed by atoms with van der Waals surface area (Å²) in [4.78, 5) is 15.4. The maximum absolute atomic E-state index is 14.5. The van der Waals surface area contributed by atoms with Gasteiger partial charge in [-0.2, -0.15) is 5.26 Å². The standard InChI is InChI=1S/C26H30ClFN2O3S/c1-18-7-11-21(12-8-18)34(32,33)24-6-4-5-22(24)25(31)30(14-13-26(2,3)17-29)16-19-9-10-20(27)15-23(19)28/h7-12,15,22,24H,4-6,13-14,16H2,1-3H3/t22-,24-/m1/s1. The second-order valence-electron chi connectivity index (χ2n) is 9.68. The molecule has 1 amide bonds. The number of halogens is 2. The average molecular weight is 505 g/mol. The first-order valence-corrected chi connectivity index (χ1v) is 13.3. The van der Waals surface area contributed by atoms with Gasteiger partial charge in [-0.25, -0.2) is 12.8 Å². The number of hydrogen-bond acceptors (Lipinski definition) is 4. The quantitative estimate of drug-likeness (QED) is 0.462. The Labute approximate surface area is 206 Å². The summed E-state index contributed by atoms with van der Waals surface area (Å²) in [6.45, 7) is 5.64. The summed E-state index contributed by atoms with van der Waals surface area (Å²) in [7, 11) is -3.71. The maximum Gasteiger partial charge on any atom is 0.227 e. The zero-order chi connectivity index (χ0) is 25.1. The van der Waals surface area contributed by atoms with Crippen LogP contribution in [0, 0.1) is 35.4 Å². The molecule has 5 nitrogen and oxygen atoms in total. The van der Waals surface area contributed by atoms with Crippen molar-refractivity contribution in [3.8, 4) is 6.07 Å². The lowest BCUT2D eigenvalue weighted by Crippen LogP contribution is -2.42. The number of nitrogens with zero attached hydrogens (tertiary/aromatic N) is 2. The van der Waals surface area contributed by atoms with Gasteiger partial charge < -0.3 is 4.90 Å². The molecule has 1 aliphatic rings. The molecule has 34 heavy (non-hydrogen) atoms. The lowest BCUT2D eigenvalue weighted by molar-refractivity contribution is -0.136. The summed E-state index contributed by atoms with van der Waals surface area (Å²) in [5.41, 5.74) is 0.567. The van der Waals surface area contributed by atoms with Crippen LogP contribution in [0.3, 0.4) is 0 Å². The van der Waals surface area contributed by atoms with Gasteiger partial charge in [0.05, 0.1) is 27.5 Å². The molecule has 0 N–H and O–H groups in total.